The van der Waals surface area contributed by atoms with Gasteiger partial charge in [0, 0.05) is 39.2 Å². The summed E-state index contributed by atoms with van der Waals surface area (Å²) in [5.74, 6) is -0.741. The molecule has 5 heteroatoms. The summed E-state index contributed by atoms with van der Waals surface area (Å²) in [6.07, 6.45) is 0.473. The molecule has 0 aliphatic carbocycles. The number of rotatable bonds is 2. The minimum atomic E-state index is -0.394. The Morgan fingerprint density at radius 2 is 1.79 bits per heavy atom. The number of carbonyl (C=O) groups is 1. The molecule has 104 valence electrons. The number of piperazine rings is 1. The lowest BCUT2D eigenvalue weighted by Crippen LogP contribution is -2.48. The first-order valence-corrected chi connectivity index (χ1v) is 6.51. The molecule has 0 bridgehead atoms. The van der Waals surface area contributed by atoms with Gasteiger partial charge < -0.3 is 9.80 Å². The standard InChI is InChI=1S/C14H18F2N2O/c1-3-11-8-13(16)14(9-12(11)15)18-6-4-17(5-7-18)10(2)19/h8-9H,3-7H2,1-2H3. The molecule has 0 spiro atoms. The fourth-order valence-electron chi connectivity index (χ4n) is 2.35. The Morgan fingerprint density at radius 1 is 1.16 bits per heavy atom. The van der Waals surface area contributed by atoms with Crippen molar-refractivity contribution in [3.63, 3.8) is 0 Å². The molecule has 1 fully saturated rings. The maximum absolute atomic E-state index is 14.0. The van der Waals surface area contributed by atoms with Crippen molar-refractivity contribution in [2.45, 2.75) is 20.3 Å². The highest BCUT2D eigenvalue weighted by molar-refractivity contribution is 5.73. The summed E-state index contributed by atoms with van der Waals surface area (Å²) in [7, 11) is 0. The molecule has 1 aliphatic heterocycles. The Labute approximate surface area is 111 Å². The fraction of sp³-hybridized carbons (Fsp3) is 0.500. The van der Waals surface area contributed by atoms with Gasteiger partial charge in [0.25, 0.3) is 0 Å². The van der Waals surface area contributed by atoms with Crippen molar-refractivity contribution < 1.29 is 13.6 Å². The van der Waals surface area contributed by atoms with Gasteiger partial charge in [0.2, 0.25) is 5.91 Å². The zero-order chi connectivity index (χ0) is 14.0. The zero-order valence-corrected chi connectivity index (χ0v) is 11.2. The minimum Gasteiger partial charge on any atom is -0.366 e. The molecular weight excluding hydrogens is 250 g/mol. The lowest BCUT2D eigenvalue weighted by atomic mass is 10.1. The Balaban J connectivity index is 2.15. The molecule has 0 N–H and O–H groups in total. The predicted molar refractivity (Wildman–Crippen MR) is 70.2 cm³/mol. The lowest BCUT2D eigenvalue weighted by Gasteiger charge is -2.35. The number of aryl methyl sites for hydroxylation is 1. The summed E-state index contributed by atoms with van der Waals surface area (Å²) in [6, 6.07) is 2.53. The van der Waals surface area contributed by atoms with Gasteiger partial charge in [0.1, 0.15) is 11.6 Å². The average Bonchev–Trinajstić information content (AvgIpc) is 2.41. The molecule has 3 nitrogen and oxygen atoms in total. The van der Waals surface area contributed by atoms with E-state index in [-0.39, 0.29) is 17.4 Å². The Bertz CT molecular complexity index is 483. The highest BCUT2D eigenvalue weighted by atomic mass is 19.1. The van der Waals surface area contributed by atoms with Crippen LogP contribution in [0, 0.1) is 11.6 Å². The number of anilines is 1. The Morgan fingerprint density at radius 3 is 2.32 bits per heavy atom. The summed E-state index contributed by atoms with van der Waals surface area (Å²) in [5.41, 5.74) is 0.682. The van der Waals surface area contributed by atoms with Gasteiger partial charge in [-0.15, -0.1) is 0 Å². The number of carbonyl (C=O) groups excluding carboxylic acids is 1. The van der Waals surface area contributed by atoms with Gasteiger partial charge in [-0.3, -0.25) is 4.79 Å². The van der Waals surface area contributed by atoms with Crippen molar-refractivity contribution in [1.29, 1.82) is 0 Å². The van der Waals surface area contributed by atoms with Gasteiger partial charge >= 0.3 is 0 Å². The van der Waals surface area contributed by atoms with Gasteiger partial charge in [-0.25, -0.2) is 8.78 Å². The SMILES string of the molecule is CCc1cc(F)c(N2CCN(C(C)=O)CC2)cc1F. The molecule has 0 radical (unpaired) electrons. The van der Waals surface area contributed by atoms with E-state index in [0.29, 0.717) is 38.2 Å². The van der Waals surface area contributed by atoms with Crippen LogP contribution in [0.3, 0.4) is 0 Å². The molecule has 1 aromatic rings. The fourth-order valence-corrected chi connectivity index (χ4v) is 2.35. The van der Waals surface area contributed by atoms with E-state index < -0.39 is 5.82 Å². The van der Waals surface area contributed by atoms with Crippen molar-refractivity contribution in [3.05, 3.63) is 29.3 Å². The maximum atomic E-state index is 14.0. The van der Waals surface area contributed by atoms with E-state index in [1.165, 1.54) is 19.1 Å². The minimum absolute atomic E-state index is 0.0210. The van der Waals surface area contributed by atoms with Crippen molar-refractivity contribution in [2.75, 3.05) is 31.1 Å². The maximum Gasteiger partial charge on any atom is 0.219 e. The van der Waals surface area contributed by atoms with E-state index in [2.05, 4.69) is 0 Å². The molecular formula is C14H18F2N2O. The second-order valence-electron chi connectivity index (χ2n) is 4.74. The zero-order valence-electron chi connectivity index (χ0n) is 11.2. The van der Waals surface area contributed by atoms with Crippen LogP contribution in [0.4, 0.5) is 14.5 Å². The summed E-state index contributed by atoms with van der Waals surface area (Å²) in [5, 5.41) is 0. The first kappa shape index (κ1) is 13.8. The number of hydrogen-bond acceptors (Lipinski definition) is 2. The van der Waals surface area contributed by atoms with Crippen molar-refractivity contribution in [1.82, 2.24) is 4.90 Å². The predicted octanol–water partition coefficient (Wildman–Crippen LogP) is 2.20. The van der Waals surface area contributed by atoms with Crippen LogP contribution >= 0.6 is 0 Å². The third-order valence-corrected chi connectivity index (χ3v) is 3.56. The van der Waals surface area contributed by atoms with Crippen LogP contribution in [0.2, 0.25) is 0 Å². The van der Waals surface area contributed by atoms with E-state index in [0.717, 1.165) is 0 Å². The van der Waals surface area contributed by atoms with Gasteiger partial charge in [-0.2, -0.15) is 0 Å². The van der Waals surface area contributed by atoms with E-state index >= 15 is 0 Å². The third-order valence-electron chi connectivity index (χ3n) is 3.56. The largest absolute Gasteiger partial charge is 0.366 e. The summed E-state index contributed by atoms with van der Waals surface area (Å²) in [4.78, 5) is 14.7. The monoisotopic (exact) mass is 268 g/mol. The second-order valence-corrected chi connectivity index (χ2v) is 4.74. The van der Waals surface area contributed by atoms with Gasteiger partial charge in [-0.1, -0.05) is 6.92 Å². The van der Waals surface area contributed by atoms with Crippen LogP contribution < -0.4 is 4.90 Å². The van der Waals surface area contributed by atoms with Gasteiger partial charge in [-0.05, 0) is 18.1 Å². The number of hydrogen-bond donors (Lipinski definition) is 0. The first-order valence-electron chi connectivity index (χ1n) is 6.51. The quantitative estimate of drug-likeness (QED) is 0.821. The number of halogens is 2. The Hall–Kier alpha value is -1.65. The highest BCUT2D eigenvalue weighted by Gasteiger charge is 2.21. The molecule has 2 rings (SSSR count). The van der Waals surface area contributed by atoms with Crippen molar-refractivity contribution in [3.8, 4) is 0 Å². The third kappa shape index (κ3) is 2.85. The molecule has 1 amide bonds. The Kier molecular flexibility index (Phi) is 4.02. The molecule has 0 saturated carbocycles. The van der Waals surface area contributed by atoms with E-state index in [9.17, 15) is 13.6 Å². The summed E-state index contributed by atoms with van der Waals surface area (Å²) >= 11 is 0. The average molecular weight is 268 g/mol. The molecule has 0 atom stereocenters. The number of amides is 1. The van der Waals surface area contributed by atoms with Crippen molar-refractivity contribution >= 4 is 11.6 Å². The molecule has 0 aromatic heterocycles. The molecule has 1 saturated heterocycles. The summed E-state index contributed by atoms with van der Waals surface area (Å²) in [6.45, 7) is 5.47. The number of benzene rings is 1. The van der Waals surface area contributed by atoms with Crippen LogP contribution in [-0.2, 0) is 11.2 Å². The van der Waals surface area contributed by atoms with Gasteiger partial charge in [0.15, 0.2) is 0 Å². The van der Waals surface area contributed by atoms with Crippen LogP contribution in [0.25, 0.3) is 0 Å². The molecule has 1 aromatic carbocycles. The van der Waals surface area contributed by atoms with Crippen molar-refractivity contribution in [2.24, 2.45) is 0 Å². The van der Waals surface area contributed by atoms with Crippen LogP contribution in [0.1, 0.15) is 19.4 Å². The highest BCUT2D eigenvalue weighted by Crippen LogP contribution is 2.24. The van der Waals surface area contributed by atoms with E-state index in [1.807, 2.05) is 0 Å². The molecule has 1 heterocycles. The van der Waals surface area contributed by atoms with E-state index in [1.54, 1.807) is 16.7 Å². The topological polar surface area (TPSA) is 23.6 Å². The molecule has 0 unspecified atom stereocenters. The van der Waals surface area contributed by atoms with Crippen LogP contribution in [-0.4, -0.2) is 37.0 Å². The second kappa shape index (κ2) is 5.55. The smallest absolute Gasteiger partial charge is 0.219 e. The number of nitrogens with zero attached hydrogens (tertiary/aromatic N) is 2. The lowest BCUT2D eigenvalue weighted by molar-refractivity contribution is -0.129. The molecule has 19 heavy (non-hydrogen) atoms. The van der Waals surface area contributed by atoms with Gasteiger partial charge in [0.05, 0.1) is 5.69 Å². The van der Waals surface area contributed by atoms with E-state index in [4.69, 9.17) is 0 Å². The first-order chi connectivity index (χ1) is 9.02. The summed E-state index contributed by atoms with van der Waals surface area (Å²) < 4.78 is 27.7. The molecule has 1 aliphatic rings. The van der Waals surface area contributed by atoms with Crippen LogP contribution in [0.15, 0.2) is 12.1 Å². The normalized spacial score (nSPS) is 15.8. The van der Waals surface area contributed by atoms with Crippen LogP contribution in [0.5, 0.6) is 0 Å².